The van der Waals surface area contributed by atoms with E-state index in [0.717, 1.165) is 11.1 Å². The van der Waals surface area contributed by atoms with Gasteiger partial charge in [-0.05, 0) is 20.3 Å². The third kappa shape index (κ3) is 3.17. The zero-order valence-electron chi connectivity index (χ0n) is 15.5. The van der Waals surface area contributed by atoms with Crippen LogP contribution in [0.2, 0.25) is 0 Å². The number of nitrogens with zero attached hydrogens (tertiary/aromatic N) is 5. The summed E-state index contributed by atoms with van der Waals surface area (Å²) in [6.45, 7) is 4.51. The van der Waals surface area contributed by atoms with E-state index in [4.69, 9.17) is 4.52 Å². The lowest BCUT2D eigenvalue weighted by Crippen LogP contribution is -2.29. The van der Waals surface area contributed by atoms with E-state index >= 15 is 0 Å². The molecule has 0 saturated carbocycles. The predicted octanol–water partition coefficient (Wildman–Crippen LogP) is 2.27. The molecule has 1 atom stereocenters. The molecule has 1 saturated heterocycles. The summed E-state index contributed by atoms with van der Waals surface area (Å²) in [6, 6.07) is 7.87. The minimum Gasteiger partial charge on any atom is -0.339 e. The maximum Gasteiger partial charge on any atom is 0.246 e. The molecule has 1 aliphatic heterocycles. The Morgan fingerprint density at radius 1 is 1.19 bits per heavy atom. The summed E-state index contributed by atoms with van der Waals surface area (Å²) in [7, 11) is -1.85. The van der Waals surface area contributed by atoms with Gasteiger partial charge < -0.3 is 4.52 Å². The fourth-order valence-corrected chi connectivity index (χ4v) is 4.93. The average molecular weight is 387 g/mol. The number of benzene rings is 1. The van der Waals surface area contributed by atoms with Crippen molar-refractivity contribution in [2.75, 3.05) is 13.1 Å². The summed E-state index contributed by atoms with van der Waals surface area (Å²) in [4.78, 5) is 4.73. The van der Waals surface area contributed by atoms with Crippen molar-refractivity contribution in [3.05, 3.63) is 47.6 Å². The van der Waals surface area contributed by atoms with Crippen molar-refractivity contribution >= 4 is 10.0 Å². The van der Waals surface area contributed by atoms with Gasteiger partial charge in [0.15, 0.2) is 0 Å². The standard InChI is InChI=1S/C18H21N5O3S/c1-12-4-6-14(7-5-12)17-20-18(26-21-17)15-8-9-23(11-15)27(24,25)16-10-19-22(3)13(16)2/h4-7,10,15H,8-9,11H2,1-3H3/t15-/m1/s1. The molecule has 0 unspecified atom stereocenters. The van der Waals surface area contributed by atoms with Gasteiger partial charge in [0.1, 0.15) is 4.90 Å². The third-order valence-corrected chi connectivity index (χ3v) is 7.03. The zero-order valence-corrected chi connectivity index (χ0v) is 16.3. The van der Waals surface area contributed by atoms with Crippen LogP contribution in [-0.2, 0) is 17.1 Å². The van der Waals surface area contributed by atoms with Crippen molar-refractivity contribution in [1.29, 1.82) is 0 Å². The summed E-state index contributed by atoms with van der Waals surface area (Å²) in [6.07, 6.45) is 2.05. The molecule has 142 valence electrons. The highest BCUT2D eigenvalue weighted by molar-refractivity contribution is 7.89. The molecular formula is C18H21N5O3S. The first-order valence-electron chi connectivity index (χ1n) is 8.75. The van der Waals surface area contributed by atoms with Crippen LogP contribution in [0.15, 0.2) is 39.9 Å². The van der Waals surface area contributed by atoms with E-state index in [-0.39, 0.29) is 10.8 Å². The maximum atomic E-state index is 12.9. The molecule has 0 radical (unpaired) electrons. The molecule has 1 aromatic carbocycles. The highest BCUT2D eigenvalue weighted by Gasteiger charge is 2.37. The number of hydrogen-bond acceptors (Lipinski definition) is 6. The number of hydrogen-bond donors (Lipinski definition) is 0. The third-order valence-electron chi connectivity index (χ3n) is 5.06. The van der Waals surface area contributed by atoms with Crippen molar-refractivity contribution < 1.29 is 12.9 Å². The van der Waals surface area contributed by atoms with E-state index in [1.165, 1.54) is 10.5 Å². The van der Waals surface area contributed by atoms with Gasteiger partial charge in [0.25, 0.3) is 0 Å². The number of aryl methyl sites for hydroxylation is 2. The summed E-state index contributed by atoms with van der Waals surface area (Å²) in [5.74, 6) is 0.893. The molecular weight excluding hydrogens is 366 g/mol. The van der Waals surface area contributed by atoms with Crippen LogP contribution >= 0.6 is 0 Å². The second-order valence-electron chi connectivity index (χ2n) is 6.89. The molecule has 27 heavy (non-hydrogen) atoms. The van der Waals surface area contributed by atoms with Gasteiger partial charge in [0.05, 0.1) is 17.8 Å². The topological polar surface area (TPSA) is 94.1 Å². The van der Waals surface area contributed by atoms with Crippen LogP contribution in [0.5, 0.6) is 0 Å². The van der Waals surface area contributed by atoms with Crippen LogP contribution in [-0.4, -0.2) is 45.7 Å². The minimum absolute atomic E-state index is 0.108. The Morgan fingerprint density at radius 3 is 2.59 bits per heavy atom. The molecule has 1 fully saturated rings. The second-order valence-corrected chi connectivity index (χ2v) is 8.80. The fourth-order valence-electron chi connectivity index (χ4n) is 3.24. The Labute approximate surface area is 157 Å². The normalized spacial score (nSPS) is 18.3. The fraction of sp³-hybridized carbons (Fsp3) is 0.389. The zero-order chi connectivity index (χ0) is 19.2. The molecule has 0 N–H and O–H groups in total. The summed E-state index contributed by atoms with van der Waals surface area (Å²) >= 11 is 0. The van der Waals surface area contributed by atoms with Gasteiger partial charge >= 0.3 is 0 Å². The SMILES string of the molecule is Cc1ccc(-c2noc([C@@H]3CCN(S(=O)(=O)c4cnn(C)c4C)C3)n2)cc1. The van der Waals surface area contributed by atoms with E-state index in [1.54, 1.807) is 18.7 Å². The van der Waals surface area contributed by atoms with Crippen LogP contribution in [0.4, 0.5) is 0 Å². The monoisotopic (exact) mass is 387 g/mol. The molecule has 0 spiro atoms. The molecule has 0 aliphatic carbocycles. The lowest BCUT2D eigenvalue weighted by Gasteiger charge is -2.15. The van der Waals surface area contributed by atoms with E-state index in [9.17, 15) is 8.42 Å². The minimum atomic E-state index is -3.58. The molecule has 3 heterocycles. The Kier molecular flexibility index (Phi) is 4.35. The highest BCUT2D eigenvalue weighted by Crippen LogP contribution is 2.32. The molecule has 4 rings (SSSR count). The van der Waals surface area contributed by atoms with Crippen molar-refractivity contribution in [3.8, 4) is 11.4 Å². The lowest BCUT2D eigenvalue weighted by molar-refractivity contribution is 0.354. The van der Waals surface area contributed by atoms with Crippen molar-refractivity contribution in [1.82, 2.24) is 24.2 Å². The van der Waals surface area contributed by atoms with Crippen molar-refractivity contribution in [3.63, 3.8) is 0 Å². The van der Waals surface area contributed by atoms with Crippen LogP contribution in [0.25, 0.3) is 11.4 Å². The van der Waals surface area contributed by atoms with Crippen molar-refractivity contribution in [2.45, 2.75) is 31.1 Å². The lowest BCUT2D eigenvalue weighted by atomic mass is 10.1. The predicted molar refractivity (Wildman–Crippen MR) is 98.5 cm³/mol. The van der Waals surface area contributed by atoms with Gasteiger partial charge in [-0.15, -0.1) is 0 Å². The van der Waals surface area contributed by atoms with Gasteiger partial charge in [0.2, 0.25) is 21.7 Å². The van der Waals surface area contributed by atoms with Gasteiger partial charge in [-0.1, -0.05) is 35.0 Å². The van der Waals surface area contributed by atoms with Gasteiger partial charge in [-0.25, -0.2) is 8.42 Å². The average Bonchev–Trinajstić information content (AvgIpc) is 3.36. The highest BCUT2D eigenvalue weighted by atomic mass is 32.2. The van der Waals surface area contributed by atoms with Gasteiger partial charge in [-0.2, -0.15) is 14.4 Å². The summed E-state index contributed by atoms with van der Waals surface area (Å²) < 4.78 is 34.3. The molecule has 1 aliphatic rings. The van der Waals surface area contributed by atoms with E-state index in [2.05, 4.69) is 15.2 Å². The number of sulfonamides is 1. The van der Waals surface area contributed by atoms with E-state index in [0.29, 0.717) is 36.9 Å². The Balaban J connectivity index is 1.53. The molecule has 8 nitrogen and oxygen atoms in total. The van der Waals surface area contributed by atoms with E-state index < -0.39 is 10.0 Å². The molecule has 3 aromatic rings. The van der Waals surface area contributed by atoms with Gasteiger partial charge in [-0.3, -0.25) is 4.68 Å². The van der Waals surface area contributed by atoms with Gasteiger partial charge in [0, 0.05) is 25.7 Å². The Bertz CT molecular complexity index is 1070. The van der Waals surface area contributed by atoms with Crippen LogP contribution in [0.1, 0.15) is 29.5 Å². The van der Waals surface area contributed by atoms with Crippen molar-refractivity contribution in [2.24, 2.45) is 7.05 Å². The first-order chi connectivity index (χ1) is 12.9. The van der Waals surface area contributed by atoms with Crippen LogP contribution in [0, 0.1) is 13.8 Å². The summed E-state index contributed by atoms with van der Waals surface area (Å²) in [5, 5.41) is 8.10. The Hall–Kier alpha value is -2.52. The molecule has 0 bridgehead atoms. The Morgan fingerprint density at radius 2 is 1.93 bits per heavy atom. The van der Waals surface area contributed by atoms with Crippen LogP contribution in [0.3, 0.4) is 0 Å². The largest absolute Gasteiger partial charge is 0.339 e. The second kappa shape index (κ2) is 6.58. The number of aromatic nitrogens is 4. The summed E-state index contributed by atoms with van der Waals surface area (Å²) in [5.41, 5.74) is 2.66. The van der Waals surface area contributed by atoms with E-state index in [1.807, 2.05) is 31.2 Å². The quantitative estimate of drug-likeness (QED) is 0.682. The molecule has 2 aromatic heterocycles. The first kappa shape index (κ1) is 17.9. The smallest absolute Gasteiger partial charge is 0.246 e. The number of rotatable bonds is 4. The molecule has 0 amide bonds. The molecule has 9 heteroatoms. The van der Waals surface area contributed by atoms with Crippen LogP contribution < -0.4 is 0 Å². The first-order valence-corrected chi connectivity index (χ1v) is 10.2. The maximum absolute atomic E-state index is 12.9.